The van der Waals surface area contributed by atoms with E-state index < -0.39 is 0 Å². The van der Waals surface area contributed by atoms with E-state index in [-0.39, 0.29) is 18.4 Å². The molecule has 144 valence electrons. The minimum Gasteiger partial charge on any atom is -0.481 e. The van der Waals surface area contributed by atoms with Gasteiger partial charge in [-0.2, -0.15) is 9.97 Å². The number of benzene rings is 1. The molecule has 9 nitrogen and oxygen atoms in total. The number of hydrogen-bond acceptors (Lipinski definition) is 8. The molecule has 3 aromatic rings. The van der Waals surface area contributed by atoms with Crippen molar-refractivity contribution in [2.45, 2.75) is 25.3 Å². The van der Waals surface area contributed by atoms with Crippen molar-refractivity contribution < 1.29 is 14.1 Å². The Morgan fingerprint density at radius 2 is 2.11 bits per heavy atom. The summed E-state index contributed by atoms with van der Waals surface area (Å²) in [6.07, 6.45) is 2.17. The quantitative estimate of drug-likeness (QED) is 0.691. The Morgan fingerprint density at radius 3 is 2.86 bits per heavy atom. The zero-order chi connectivity index (χ0) is 19.7. The Kier molecular flexibility index (Phi) is 4.64. The molecule has 0 radical (unpaired) electrons. The summed E-state index contributed by atoms with van der Waals surface area (Å²) in [7, 11) is 3.21. The van der Waals surface area contributed by atoms with E-state index in [4.69, 9.17) is 15.0 Å². The van der Waals surface area contributed by atoms with Crippen molar-refractivity contribution >= 4 is 11.9 Å². The monoisotopic (exact) mass is 380 g/mol. The molecule has 2 N–H and O–H groups in total. The largest absolute Gasteiger partial charge is 0.481 e. The van der Waals surface area contributed by atoms with Crippen LogP contribution in [-0.4, -0.2) is 45.1 Å². The first-order valence-electron chi connectivity index (χ1n) is 8.90. The number of carbonyl (C=O) groups excluding carboxylic acids is 1. The van der Waals surface area contributed by atoms with Gasteiger partial charge in [0, 0.05) is 30.2 Å². The molecule has 2 heterocycles. The van der Waals surface area contributed by atoms with Crippen molar-refractivity contribution in [3.8, 4) is 17.1 Å². The lowest BCUT2D eigenvalue weighted by Crippen LogP contribution is -2.26. The molecule has 1 fully saturated rings. The third kappa shape index (κ3) is 3.78. The van der Waals surface area contributed by atoms with Crippen LogP contribution >= 0.6 is 0 Å². The number of nitrogens with zero attached hydrogens (tertiary/aromatic N) is 5. The van der Waals surface area contributed by atoms with Gasteiger partial charge in [-0.3, -0.25) is 4.79 Å². The van der Waals surface area contributed by atoms with Crippen molar-refractivity contribution in [3.05, 3.63) is 47.6 Å². The maximum atomic E-state index is 12.8. The Hall–Kier alpha value is -3.49. The highest BCUT2D eigenvalue weighted by Crippen LogP contribution is 2.38. The first kappa shape index (κ1) is 17.9. The first-order chi connectivity index (χ1) is 13.5. The Bertz CT molecular complexity index is 1010. The molecule has 1 amide bonds. The van der Waals surface area contributed by atoms with Gasteiger partial charge in [0.1, 0.15) is 0 Å². The van der Waals surface area contributed by atoms with Crippen molar-refractivity contribution in [1.82, 2.24) is 25.0 Å². The van der Waals surface area contributed by atoms with E-state index in [9.17, 15) is 4.79 Å². The summed E-state index contributed by atoms with van der Waals surface area (Å²) in [6, 6.07) is 8.81. The lowest BCUT2D eigenvalue weighted by atomic mass is 10.1. The molecule has 4 rings (SSSR count). The average Bonchev–Trinajstić information content (AvgIpc) is 3.46. The molecule has 0 atom stereocenters. The number of carbonyl (C=O) groups is 1. The fraction of sp³-hybridized carbons (Fsp3) is 0.316. The second kappa shape index (κ2) is 7.26. The molecule has 1 aliphatic rings. The fourth-order valence-corrected chi connectivity index (χ4v) is 2.84. The highest BCUT2D eigenvalue weighted by atomic mass is 16.5. The highest BCUT2D eigenvalue weighted by Gasteiger charge is 2.30. The van der Waals surface area contributed by atoms with Crippen LogP contribution in [0.25, 0.3) is 11.3 Å². The standard InChI is InChI=1S/C19H20N6O3/c1-25(10-15-22-17(28-24-15)11-6-7-11)18(26)13-5-3-4-12(8-13)14-9-16(27-2)23-19(20)21-14/h3-5,8-9,11H,6-7,10H2,1-2H3,(H2,20,21,23). The second-order valence-electron chi connectivity index (χ2n) is 6.72. The van der Waals surface area contributed by atoms with Crippen LogP contribution in [0.2, 0.25) is 0 Å². The smallest absolute Gasteiger partial charge is 0.254 e. The van der Waals surface area contributed by atoms with Gasteiger partial charge in [0.05, 0.1) is 19.3 Å². The molecular formula is C19H20N6O3. The van der Waals surface area contributed by atoms with E-state index in [1.54, 1.807) is 36.2 Å². The number of amides is 1. The number of anilines is 1. The second-order valence-corrected chi connectivity index (χ2v) is 6.72. The molecule has 0 spiro atoms. The summed E-state index contributed by atoms with van der Waals surface area (Å²) in [5.74, 6) is 1.85. The number of hydrogen-bond donors (Lipinski definition) is 1. The molecule has 1 aromatic carbocycles. The summed E-state index contributed by atoms with van der Waals surface area (Å²) in [6.45, 7) is 0.271. The van der Waals surface area contributed by atoms with Crippen LogP contribution < -0.4 is 10.5 Å². The molecule has 1 aliphatic carbocycles. The maximum absolute atomic E-state index is 12.8. The Balaban J connectivity index is 1.52. The zero-order valence-electron chi connectivity index (χ0n) is 15.6. The lowest BCUT2D eigenvalue weighted by molar-refractivity contribution is 0.0780. The molecule has 1 saturated carbocycles. The lowest BCUT2D eigenvalue weighted by Gasteiger charge is -2.15. The van der Waals surface area contributed by atoms with Crippen LogP contribution in [-0.2, 0) is 6.54 Å². The maximum Gasteiger partial charge on any atom is 0.254 e. The van der Waals surface area contributed by atoms with E-state index >= 15 is 0 Å². The van der Waals surface area contributed by atoms with Crippen molar-refractivity contribution in [2.24, 2.45) is 0 Å². The fourth-order valence-electron chi connectivity index (χ4n) is 2.84. The van der Waals surface area contributed by atoms with E-state index in [1.165, 1.54) is 7.11 Å². The molecular weight excluding hydrogens is 360 g/mol. The summed E-state index contributed by atoms with van der Waals surface area (Å²) < 4.78 is 10.4. The van der Waals surface area contributed by atoms with Crippen molar-refractivity contribution in [1.29, 1.82) is 0 Å². The summed E-state index contributed by atoms with van der Waals surface area (Å²) >= 11 is 0. The summed E-state index contributed by atoms with van der Waals surface area (Å²) in [4.78, 5) is 26.9. The van der Waals surface area contributed by atoms with Gasteiger partial charge in [-0.1, -0.05) is 17.3 Å². The Morgan fingerprint density at radius 1 is 1.29 bits per heavy atom. The molecule has 2 aromatic heterocycles. The van der Waals surface area contributed by atoms with Gasteiger partial charge < -0.3 is 19.9 Å². The van der Waals surface area contributed by atoms with Crippen LogP contribution in [0.1, 0.15) is 40.8 Å². The highest BCUT2D eigenvalue weighted by molar-refractivity contribution is 5.95. The minimum absolute atomic E-state index is 0.103. The molecule has 0 unspecified atom stereocenters. The van der Waals surface area contributed by atoms with Gasteiger partial charge in [0.2, 0.25) is 17.7 Å². The topological polar surface area (TPSA) is 120 Å². The number of rotatable bonds is 6. The number of aromatic nitrogens is 4. The van der Waals surface area contributed by atoms with E-state index in [0.717, 1.165) is 18.4 Å². The molecule has 0 aliphatic heterocycles. The van der Waals surface area contributed by atoms with Crippen LogP contribution in [0.3, 0.4) is 0 Å². The predicted octanol–water partition coefficient (Wildman–Crippen LogP) is 2.27. The molecule has 0 bridgehead atoms. The zero-order valence-corrected chi connectivity index (χ0v) is 15.6. The molecule has 9 heteroatoms. The van der Waals surface area contributed by atoms with E-state index in [1.807, 2.05) is 6.07 Å². The first-order valence-corrected chi connectivity index (χ1v) is 8.90. The predicted molar refractivity (Wildman–Crippen MR) is 101 cm³/mol. The van der Waals surface area contributed by atoms with E-state index in [0.29, 0.717) is 34.8 Å². The van der Waals surface area contributed by atoms with Gasteiger partial charge in [0.15, 0.2) is 5.82 Å². The summed E-state index contributed by atoms with van der Waals surface area (Å²) in [5.41, 5.74) is 7.56. The number of nitrogens with two attached hydrogens (primary N) is 1. The number of nitrogen functional groups attached to an aromatic ring is 1. The third-order valence-electron chi connectivity index (χ3n) is 4.47. The Labute approximate surface area is 161 Å². The molecule has 28 heavy (non-hydrogen) atoms. The normalized spacial score (nSPS) is 13.4. The van der Waals surface area contributed by atoms with E-state index in [2.05, 4.69) is 20.1 Å². The van der Waals surface area contributed by atoms with Crippen LogP contribution in [0.4, 0.5) is 5.95 Å². The number of ether oxygens (including phenoxy) is 1. The van der Waals surface area contributed by atoms with Crippen molar-refractivity contribution in [2.75, 3.05) is 19.9 Å². The number of methoxy groups -OCH3 is 1. The summed E-state index contributed by atoms with van der Waals surface area (Å²) in [5, 5.41) is 3.96. The van der Waals surface area contributed by atoms with Gasteiger partial charge in [-0.15, -0.1) is 0 Å². The minimum atomic E-state index is -0.159. The van der Waals surface area contributed by atoms with Crippen LogP contribution in [0, 0.1) is 0 Å². The third-order valence-corrected chi connectivity index (χ3v) is 4.47. The SMILES string of the molecule is COc1cc(-c2cccc(C(=O)N(C)Cc3noc(C4CC4)n3)c2)nc(N)n1. The van der Waals surface area contributed by atoms with Gasteiger partial charge in [-0.05, 0) is 25.0 Å². The van der Waals surface area contributed by atoms with Crippen LogP contribution in [0.15, 0.2) is 34.9 Å². The van der Waals surface area contributed by atoms with Gasteiger partial charge in [-0.25, -0.2) is 4.98 Å². The van der Waals surface area contributed by atoms with Gasteiger partial charge in [0.25, 0.3) is 5.91 Å². The van der Waals surface area contributed by atoms with Crippen LogP contribution in [0.5, 0.6) is 5.88 Å². The van der Waals surface area contributed by atoms with Gasteiger partial charge >= 0.3 is 0 Å². The molecule has 0 saturated heterocycles. The van der Waals surface area contributed by atoms with Crippen molar-refractivity contribution in [3.63, 3.8) is 0 Å². The average molecular weight is 380 g/mol.